The van der Waals surface area contributed by atoms with Crippen LogP contribution in [-0.4, -0.2) is 12.9 Å². The Balaban J connectivity index is 1.45. The molecule has 0 radical (unpaired) electrons. The minimum absolute atomic E-state index is 0.00361. The Hall–Kier alpha value is -2.32. The maximum Gasteiger partial charge on any atom is 0.208 e. The molecule has 0 saturated heterocycles. The summed E-state index contributed by atoms with van der Waals surface area (Å²) < 4.78 is 12.2. The minimum Gasteiger partial charge on any atom is -0.472 e. The second-order valence-electron chi connectivity index (χ2n) is 6.94. The summed E-state index contributed by atoms with van der Waals surface area (Å²) in [4.78, 5) is 0. The molecule has 1 aliphatic heterocycles. The molecule has 2 unspecified atom stereocenters. The Morgan fingerprint density at radius 3 is 2.32 bits per heavy atom. The molecule has 2 aromatic carbocycles. The van der Waals surface area contributed by atoms with Crippen molar-refractivity contribution < 1.29 is 9.47 Å². The van der Waals surface area contributed by atoms with Crippen molar-refractivity contribution in [3.05, 3.63) is 90.2 Å². The zero-order valence-corrected chi connectivity index (χ0v) is 14.4. The van der Waals surface area contributed by atoms with Gasteiger partial charge in [-0.1, -0.05) is 79.2 Å². The van der Waals surface area contributed by atoms with Crippen molar-refractivity contribution >= 4 is 6.08 Å². The number of hydrogen-bond acceptors (Lipinski definition) is 2. The molecule has 1 heterocycles. The summed E-state index contributed by atoms with van der Waals surface area (Å²) in [6.45, 7) is 0.652. The van der Waals surface area contributed by atoms with Gasteiger partial charge in [0.25, 0.3) is 0 Å². The van der Waals surface area contributed by atoms with Gasteiger partial charge in [-0.2, -0.15) is 0 Å². The molecule has 1 aliphatic carbocycles. The van der Waals surface area contributed by atoms with Crippen LogP contribution in [0.5, 0.6) is 0 Å². The molecule has 0 bridgehead atoms. The van der Waals surface area contributed by atoms with E-state index in [-0.39, 0.29) is 17.6 Å². The van der Waals surface area contributed by atoms with E-state index in [1.807, 2.05) is 12.3 Å². The largest absolute Gasteiger partial charge is 0.472 e. The standard InChI is InChI=1S/C23H24O2/c1-3-8-19(9-4-1)12-13-20-14-17-24-22(25-18-20)23(15-7-16-23)21-10-5-2-6-11-21/h1-6,8-14,17,20,22H,7,15-16,18H2/b13-12+. The summed E-state index contributed by atoms with van der Waals surface area (Å²) >= 11 is 0. The molecule has 0 amide bonds. The second kappa shape index (κ2) is 7.28. The first-order valence-electron chi connectivity index (χ1n) is 9.09. The van der Waals surface area contributed by atoms with Crippen LogP contribution >= 0.6 is 0 Å². The van der Waals surface area contributed by atoms with E-state index in [9.17, 15) is 0 Å². The van der Waals surface area contributed by atoms with Crippen molar-refractivity contribution in [2.24, 2.45) is 5.92 Å². The molecular weight excluding hydrogens is 308 g/mol. The van der Waals surface area contributed by atoms with Crippen LogP contribution in [0.25, 0.3) is 6.08 Å². The van der Waals surface area contributed by atoms with Gasteiger partial charge in [0.05, 0.1) is 18.3 Å². The van der Waals surface area contributed by atoms with Gasteiger partial charge in [-0.3, -0.25) is 0 Å². The lowest BCUT2D eigenvalue weighted by atomic mass is 9.64. The van der Waals surface area contributed by atoms with Crippen LogP contribution < -0.4 is 0 Å². The van der Waals surface area contributed by atoms with Gasteiger partial charge < -0.3 is 9.47 Å². The van der Waals surface area contributed by atoms with E-state index >= 15 is 0 Å². The molecule has 2 atom stereocenters. The highest BCUT2D eigenvalue weighted by atomic mass is 16.7. The highest BCUT2D eigenvalue weighted by Crippen LogP contribution is 2.48. The van der Waals surface area contributed by atoms with Gasteiger partial charge in [0.2, 0.25) is 6.29 Å². The molecule has 1 fully saturated rings. The molecule has 25 heavy (non-hydrogen) atoms. The minimum atomic E-state index is -0.199. The van der Waals surface area contributed by atoms with Crippen molar-refractivity contribution in [3.63, 3.8) is 0 Å². The van der Waals surface area contributed by atoms with Gasteiger partial charge in [-0.05, 0) is 30.0 Å². The fourth-order valence-electron chi connectivity index (χ4n) is 3.71. The van der Waals surface area contributed by atoms with E-state index in [0.29, 0.717) is 6.61 Å². The highest BCUT2D eigenvalue weighted by molar-refractivity contribution is 5.49. The number of benzene rings is 2. The van der Waals surface area contributed by atoms with Crippen molar-refractivity contribution in [2.45, 2.75) is 31.0 Å². The molecule has 0 N–H and O–H groups in total. The summed E-state index contributed by atoms with van der Waals surface area (Å²) in [6.07, 6.45) is 11.6. The normalized spacial score (nSPS) is 25.1. The Morgan fingerprint density at radius 1 is 0.920 bits per heavy atom. The number of ether oxygens (including phenoxy) is 2. The van der Waals surface area contributed by atoms with Crippen LogP contribution in [0.2, 0.25) is 0 Å². The van der Waals surface area contributed by atoms with E-state index in [1.165, 1.54) is 17.5 Å². The van der Waals surface area contributed by atoms with E-state index in [1.54, 1.807) is 0 Å². The molecule has 0 spiro atoms. The Bertz CT molecular complexity index is 729. The maximum atomic E-state index is 6.23. The van der Waals surface area contributed by atoms with Crippen molar-refractivity contribution in [2.75, 3.05) is 6.61 Å². The Kier molecular flexibility index (Phi) is 4.71. The lowest BCUT2D eigenvalue weighted by molar-refractivity contribution is -0.169. The van der Waals surface area contributed by atoms with Gasteiger partial charge in [0.1, 0.15) is 0 Å². The van der Waals surface area contributed by atoms with Gasteiger partial charge in [0, 0.05) is 5.92 Å². The van der Waals surface area contributed by atoms with Crippen molar-refractivity contribution in [1.29, 1.82) is 0 Å². The van der Waals surface area contributed by atoms with Crippen molar-refractivity contribution in [3.8, 4) is 0 Å². The first kappa shape index (κ1) is 16.2. The SMILES string of the molecule is C1=CC(/C=C/c2ccccc2)COC(C2(c3ccccc3)CCC2)O1. The molecule has 128 valence electrons. The summed E-state index contributed by atoms with van der Waals surface area (Å²) in [6, 6.07) is 21.0. The van der Waals surface area contributed by atoms with Crippen LogP contribution in [0, 0.1) is 5.92 Å². The molecule has 1 saturated carbocycles. The third-order valence-electron chi connectivity index (χ3n) is 5.35. The zero-order chi connectivity index (χ0) is 17.0. The predicted octanol–water partition coefficient (Wildman–Crippen LogP) is 5.32. The van der Waals surface area contributed by atoms with E-state index in [4.69, 9.17) is 9.47 Å². The summed E-state index contributed by atoms with van der Waals surface area (Å²) in [5, 5.41) is 0. The summed E-state index contributed by atoms with van der Waals surface area (Å²) in [5.41, 5.74) is 2.54. The summed E-state index contributed by atoms with van der Waals surface area (Å²) in [5.74, 6) is 0.234. The van der Waals surface area contributed by atoms with Gasteiger partial charge in [-0.25, -0.2) is 0 Å². The smallest absolute Gasteiger partial charge is 0.208 e. The maximum absolute atomic E-state index is 6.23. The quantitative estimate of drug-likeness (QED) is 0.754. The predicted molar refractivity (Wildman–Crippen MR) is 101 cm³/mol. The third kappa shape index (κ3) is 3.40. The Morgan fingerprint density at radius 2 is 1.64 bits per heavy atom. The lowest BCUT2D eigenvalue weighted by Crippen LogP contribution is -2.47. The monoisotopic (exact) mass is 332 g/mol. The molecule has 2 nitrogen and oxygen atoms in total. The second-order valence-corrected chi connectivity index (χ2v) is 6.94. The van der Waals surface area contributed by atoms with E-state index in [2.05, 4.69) is 72.8 Å². The molecule has 2 heteroatoms. The van der Waals surface area contributed by atoms with Crippen LogP contribution in [0.3, 0.4) is 0 Å². The number of hydrogen-bond donors (Lipinski definition) is 0. The van der Waals surface area contributed by atoms with Gasteiger partial charge in [0.15, 0.2) is 0 Å². The molecular formula is C23H24O2. The first-order chi connectivity index (χ1) is 12.4. The lowest BCUT2D eigenvalue weighted by Gasteiger charge is -2.46. The van der Waals surface area contributed by atoms with Crippen LogP contribution in [-0.2, 0) is 14.9 Å². The first-order valence-corrected chi connectivity index (χ1v) is 9.09. The van der Waals surface area contributed by atoms with Crippen LogP contribution in [0.4, 0.5) is 0 Å². The fourth-order valence-corrected chi connectivity index (χ4v) is 3.71. The van der Waals surface area contributed by atoms with Crippen LogP contribution in [0.15, 0.2) is 79.1 Å². The van der Waals surface area contributed by atoms with Gasteiger partial charge in [-0.15, -0.1) is 0 Å². The van der Waals surface area contributed by atoms with E-state index in [0.717, 1.165) is 12.8 Å². The fraction of sp³-hybridized carbons (Fsp3) is 0.304. The molecule has 2 aliphatic rings. The zero-order valence-electron chi connectivity index (χ0n) is 14.4. The van der Waals surface area contributed by atoms with E-state index < -0.39 is 0 Å². The third-order valence-corrected chi connectivity index (χ3v) is 5.35. The molecule has 2 aromatic rings. The molecule has 4 rings (SSSR count). The average Bonchev–Trinajstić information content (AvgIpc) is 2.87. The molecule has 0 aromatic heterocycles. The highest BCUT2D eigenvalue weighted by Gasteiger charge is 2.48. The Labute approximate surface area is 149 Å². The average molecular weight is 332 g/mol. The number of rotatable bonds is 4. The van der Waals surface area contributed by atoms with Gasteiger partial charge >= 0.3 is 0 Å². The van der Waals surface area contributed by atoms with Crippen molar-refractivity contribution in [1.82, 2.24) is 0 Å². The summed E-state index contributed by atoms with van der Waals surface area (Å²) in [7, 11) is 0. The topological polar surface area (TPSA) is 18.5 Å². The van der Waals surface area contributed by atoms with Crippen LogP contribution in [0.1, 0.15) is 30.4 Å².